The fourth-order valence-electron chi connectivity index (χ4n) is 1.82. The molecule has 0 spiro atoms. The Bertz CT molecular complexity index is 532. The lowest BCUT2D eigenvalue weighted by atomic mass is 9.93. The van der Waals surface area contributed by atoms with Gasteiger partial charge in [-0.3, -0.25) is 14.9 Å². The van der Waals surface area contributed by atoms with Crippen molar-refractivity contribution in [1.29, 1.82) is 0 Å². The molecule has 0 aliphatic heterocycles. The van der Waals surface area contributed by atoms with Crippen LogP contribution in [0.1, 0.15) is 24.2 Å². The summed E-state index contributed by atoms with van der Waals surface area (Å²) in [7, 11) is 1.53. The van der Waals surface area contributed by atoms with Crippen molar-refractivity contribution in [2.24, 2.45) is 11.1 Å². The molecule has 7 heteroatoms. The summed E-state index contributed by atoms with van der Waals surface area (Å²) in [4.78, 5) is 23.7. The maximum atomic E-state index is 13.1. The number of carbonyl (C=O) groups excluding carboxylic acids is 1. The summed E-state index contributed by atoms with van der Waals surface area (Å²) < 4.78 is 13.1. The molecule has 1 rings (SSSR count). The lowest BCUT2D eigenvalue weighted by Gasteiger charge is -2.29. The van der Waals surface area contributed by atoms with Gasteiger partial charge in [0.25, 0.3) is 11.6 Å². The van der Waals surface area contributed by atoms with Gasteiger partial charge in [0.15, 0.2) is 0 Å². The van der Waals surface area contributed by atoms with Crippen molar-refractivity contribution >= 4 is 11.6 Å². The zero-order chi connectivity index (χ0) is 15.5. The molecular weight excluding hydrogens is 265 g/mol. The smallest absolute Gasteiger partial charge is 0.285 e. The zero-order valence-corrected chi connectivity index (χ0v) is 11.7. The molecule has 20 heavy (non-hydrogen) atoms. The molecule has 0 saturated heterocycles. The predicted molar refractivity (Wildman–Crippen MR) is 72.9 cm³/mol. The highest BCUT2D eigenvalue weighted by molar-refractivity contribution is 5.98. The molecule has 0 aliphatic rings. The molecule has 1 amide bonds. The summed E-state index contributed by atoms with van der Waals surface area (Å²) in [6.07, 6.45) is 0. The summed E-state index contributed by atoms with van der Waals surface area (Å²) in [5.74, 6) is -1.28. The van der Waals surface area contributed by atoms with E-state index in [0.29, 0.717) is 13.1 Å². The van der Waals surface area contributed by atoms with Crippen LogP contribution >= 0.6 is 0 Å². The van der Waals surface area contributed by atoms with E-state index in [1.807, 2.05) is 13.8 Å². The minimum atomic E-state index is -0.766. The van der Waals surface area contributed by atoms with Crippen LogP contribution in [0.3, 0.4) is 0 Å². The van der Waals surface area contributed by atoms with Gasteiger partial charge >= 0.3 is 0 Å². The monoisotopic (exact) mass is 283 g/mol. The van der Waals surface area contributed by atoms with Crippen LogP contribution in [0.5, 0.6) is 0 Å². The Labute approximate surface area is 116 Å². The highest BCUT2D eigenvalue weighted by Crippen LogP contribution is 2.23. The molecule has 0 bridgehead atoms. The van der Waals surface area contributed by atoms with E-state index in [0.717, 1.165) is 18.2 Å². The van der Waals surface area contributed by atoms with Gasteiger partial charge in [-0.25, -0.2) is 4.39 Å². The summed E-state index contributed by atoms with van der Waals surface area (Å²) in [6, 6.07) is 2.90. The molecule has 2 N–H and O–H groups in total. The number of halogens is 1. The molecule has 0 saturated carbocycles. The zero-order valence-electron chi connectivity index (χ0n) is 11.7. The van der Waals surface area contributed by atoms with Crippen LogP contribution in [-0.2, 0) is 0 Å². The van der Waals surface area contributed by atoms with E-state index in [9.17, 15) is 19.3 Å². The lowest BCUT2D eigenvalue weighted by Crippen LogP contribution is -2.39. The Balaban J connectivity index is 3.06. The lowest BCUT2D eigenvalue weighted by molar-refractivity contribution is -0.385. The number of nitrogens with zero attached hydrogens (tertiary/aromatic N) is 2. The second-order valence-corrected chi connectivity index (χ2v) is 5.45. The molecule has 110 valence electrons. The van der Waals surface area contributed by atoms with E-state index in [2.05, 4.69) is 0 Å². The topological polar surface area (TPSA) is 89.5 Å². The second kappa shape index (κ2) is 5.96. The van der Waals surface area contributed by atoms with Crippen molar-refractivity contribution in [1.82, 2.24) is 4.90 Å². The highest BCUT2D eigenvalue weighted by atomic mass is 19.1. The van der Waals surface area contributed by atoms with Crippen LogP contribution in [0, 0.1) is 21.3 Å². The number of nitro benzene ring substituents is 1. The Morgan fingerprint density at radius 3 is 2.60 bits per heavy atom. The maximum Gasteiger partial charge on any atom is 0.285 e. The largest absolute Gasteiger partial charge is 0.341 e. The number of carbonyl (C=O) groups is 1. The molecule has 0 fully saturated rings. The first-order valence-corrected chi connectivity index (χ1v) is 6.07. The average Bonchev–Trinajstić information content (AvgIpc) is 2.37. The third kappa shape index (κ3) is 3.74. The maximum absolute atomic E-state index is 13.1. The van der Waals surface area contributed by atoms with Crippen molar-refractivity contribution in [2.75, 3.05) is 20.1 Å². The second-order valence-electron chi connectivity index (χ2n) is 5.45. The van der Waals surface area contributed by atoms with Crippen LogP contribution in [0.25, 0.3) is 0 Å². The van der Waals surface area contributed by atoms with Gasteiger partial charge in [0, 0.05) is 13.6 Å². The molecule has 0 radical (unpaired) electrons. The summed E-state index contributed by atoms with van der Waals surface area (Å²) >= 11 is 0. The molecular formula is C13H18FN3O3. The highest BCUT2D eigenvalue weighted by Gasteiger charge is 2.27. The first kappa shape index (κ1) is 16.0. The van der Waals surface area contributed by atoms with E-state index in [-0.39, 0.29) is 11.0 Å². The number of nitrogens with two attached hydrogens (primary N) is 1. The number of amides is 1. The average molecular weight is 283 g/mol. The summed E-state index contributed by atoms with van der Waals surface area (Å²) in [5, 5.41) is 10.9. The van der Waals surface area contributed by atoms with Crippen LogP contribution < -0.4 is 5.73 Å². The van der Waals surface area contributed by atoms with Gasteiger partial charge < -0.3 is 10.6 Å². The van der Waals surface area contributed by atoms with Gasteiger partial charge in [0.05, 0.1) is 11.0 Å². The first-order valence-electron chi connectivity index (χ1n) is 6.07. The number of benzene rings is 1. The normalized spacial score (nSPS) is 11.2. The van der Waals surface area contributed by atoms with Crippen molar-refractivity contribution in [3.05, 3.63) is 39.7 Å². The number of hydrogen-bond acceptors (Lipinski definition) is 4. The number of rotatable bonds is 5. The molecule has 0 heterocycles. The van der Waals surface area contributed by atoms with E-state index >= 15 is 0 Å². The minimum absolute atomic E-state index is 0.133. The SMILES string of the molecule is CN(CC(C)(C)CN)C(=O)c1ccc(F)cc1[N+](=O)[O-]. The van der Waals surface area contributed by atoms with E-state index in [4.69, 9.17) is 5.73 Å². The first-order chi connectivity index (χ1) is 9.18. The van der Waals surface area contributed by atoms with Crippen LogP contribution in [0.15, 0.2) is 18.2 Å². The van der Waals surface area contributed by atoms with Crippen LogP contribution in [-0.4, -0.2) is 35.9 Å². The quantitative estimate of drug-likeness (QED) is 0.659. The van der Waals surface area contributed by atoms with E-state index in [1.165, 1.54) is 11.9 Å². The Morgan fingerprint density at radius 2 is 2.10 bits per heavy atom. The molecule has 0 aliphatic carbocycles. The number of hydrogen-bond donors (Lipinski definition) is 1. The van der Waals surface area contributed by atoms with Gasteiger partial charge in [-0.05, 0) is 24.1 Å². The molecule has 0 atom stereocenters. The van der Waals surface area contributed by atoms with Crippen molar-refractivity contribution in [3.8, 4) is 0 Å². The minimum Gasteiger partial charge on any atom is -0.341 e. The fraction of sp³-hybridized carbons (Fsp3) is 0.462. The van der Waals surface area contributed by atoms with Gasteiger partial charge in [-0.1, -0.05) is 13.8 Å². The standard InChI is InChI=1S/C13H18FN3O3/c1-13(2,7-15)8-16(3)12(18)10-5-4-9(14)6-11(10)17(19)20/h4-6H,7-8,15H2,1-3H3. The van der Waals surface area contributed by atoms with Gasteiger partial charge in [0.1, 0.15) is 11.4 Å². The van der Waals surface area contributed by atoms with Crippen LogP contribution in [0.2, 0.25) is 0 Å². The van der Waals surface area contributed by atoms with E-state index < -0.39 is 22.3 Å². The molecule has 6 nitrogen and oxygen atoms in total. The van der Waals surface area contributed by atoms with Crippen molar-refractivity contribution in [3.63, 3.8) is 0 Å². The third-order valence-corrected chi connectivity index (χ3v) is 2.95. The number of nitro groups is 1. The molecule has 1 aromatic carbocycles. The third-order valence-electron chi connectivity index (χ3n) is 2.95. The summed E-state index contributed by atoms with van der Waals surface area (Å²) in [5.41, 5.74) is 4.62. The van der Waals surface area contributed by atoms with Gasteiger partial charge in [-0.2, -0.15) is 0 Å². The summed E-state index contributed by atoms with van der Waals surface area (Å²) in [6.45, 7) is 4.48. The van der Waals surface area contributed by atoms with Crippen molar-refractivity contribution < 1.29 is 14.1 Å². The molecule has 0 aromatic heterocycles. The Hall–Kier alpha value is -2.02. The molecule has 0 unspecified atom stereocenters. The fourth-order valence-corrected chi connectivity index (χ4v) is 1.82. The van der Waals surface area contributed by atoms with Gasteiger partial charge in [-0.15, -0.1) is 0 Å². The van der Waals surface area contributed by atoms with Crippen LogP contribution in [0.4, 0.5) is 10.1 Å². The Morgan fingerprint density at radius 1 is 1.50 bits per heavy atom. The molecule has 1 aromatic rings. The Kier molecular flexibility index (Phi) is 4.78. The predicted octanol–water partition coefficient (Wildman–Crippen LogP) is 1.79. The van der Waals surface area contributed by atoms with Gasteiger partial charge in [0.2, 0.25) is 0 Å². The van der Waals surface area contributed by atoms with E-state index in [1.54, 1.807) is 0 Å². The van der Waals surface area contributed by atoms with Crippen molar-refractivity contribution in [2.45, 2.75) is 13.8 Å².